The van der Waals surface area contributed by atoms with Gasteiger partial charge in [-0.25, -0.2) is 0 Å². The summed E-state index contributed by atoms with van der Waals surface area (Å²) in [6.07, 6.45) is 3.99. The fourth-order valence-corrected chi connectivity index (χ4v) is 2.55. The first-order chi connectivity index (χ1) is 9.00. The first-order valence-electron chi connectivity index (χ1n) is 6.83. The van der Waals surface area contributed by atoms with Gasteiger partial charge in [-0.2, -0.15) is 0 Å². The van der Waals surface area contributed by atoms with Crippen LogP contribution in [-0.4, -0.2) is 47.1 Å². The maximum absolute atomic E-state index is 11.7. The van der Waals surface area contributed by atoms with Crippen molar-refractivity contribution < 1.29 is 9.90 Å². The van der Waals surface area contributed by atoms with Crippen molar-refractivity contribution in [1.82, 2.24) is 15.2 Å². The number of amides is 1. The lowest BCUT2D eigenvalue weighted by molar-refractivity contribution is 0.0474. The van der Waals surface area contributed by atoms with Crippen molar-refractivity contribution in [2.75, 3.05) is 20.6 Å². The van der Waals surface area contributed by atoms with E-state index in [1.165, 1.54) is 0 Å². The van der Waals surface area contributed by atoms with Gasteiger partial charge in [-0.05, 0) is 25.0 Å². The summed E-state index contributed by atoms with van der Waals surface area (Å²) >= 11 is 0. The highest BCUT2D eigenvalue weighted by Gasteiger charge is 2.30. The van der Waals surface area contributed by atoms with Gasteiger partial charge in [-0.3, -0.25) is 4.79 Å². The van der Waals surface area contributed by atoms with Gasteiger partial charge in [0.25, 0.3) is 5.91 Å². The van der Waals surface area contributed by atoms with Gasteiger partial charge in [-0.15, -0.1) is 0 Å². The van der Waals surface area contributed by atoms with Crippen LogP contribution in [-0.2, 0) is 6.54 Å². The first kappa shape index (κ1) is 14.1. The predicted octanol–water partition coefficient (Wildman–Crippen LogP) is 1.11. The molecule has 2 rings (SSSR count). The smallest absolute Gasteiger partial charge is 0.269 e. The Balaban J connectivity index is 1.82. The second kappa shape index (κ2) is 5.75. The number of H-pyrrole nitrogens is 1. The molecule has 1 aliphatic carbocycles. The van der Waals surface area contributed by atoms with Crippen LogP contribution in [0.25, 0.3) is 0 Å². The maximum Gasteiger partial charge on any atom is 0.269 e. The Morgan fingerprint density at radius 2 is 2.11 bits per heavy atom. The standard InChI is InChI=1S/C14H23N3O2/c1-17(2)13(18)12-6-5-11(16-12)9-15-10-14(19)7-3-4-8-14/h5-6,15-16,19H,3-4,7-10H2,1-2H3. The minimum absolute atomic E-state index is 0.0272. The van der Waals surface area contributed by atoms with E-state index in [0.29, 0.717) is 18.8 Å². The third-order valence-electron chi connectivity index (χ3n) is 3.69. The number of carbonyl (C=O) groups is 1. The van der Waals surface area contributed by atoms with Crippen LogP contribution >= 0.6 is 0 Å². The number of rotatable bonds is 5. The lowest BCUT2D eigenvalue weighted by atomic mass is 10.0. The molecule has 1 aromatic heterocycles. The molecule has 106 valence electrons. The summed E-state index contributed by atoms with van der Waals surface area (Å²) in [6.45, 7) is 1.26. The van der Waals surface area contributed by atoms with E-state index in [1.807, 2.05) is 6.07 Å². The molecule has 0 spiro atoms. The highest BCUT2D eigenvalue weighted by atomic mass is 16.3. The third kappa shape index (κ3) is 3.58. The molecule has 0 saturated heterocycles. The average molecular weight is 265 g/mol. The Hall–Kier alpha value is -1.33. The summed E-state index contributed by atoms with van der Waals surface area (Å²) in [4.78, 5) is 16.4. The SMILES string of the molecule is CN(C)C(=O)c1ccc(CNCC2(O)CCCC2)[nH]1. The van der Waals surface area contributed by atoms with Crippen LogP contribution in [0, 0.1) is 0 Å². The molecule has 5 nitrogen and oxygen atoms in total. The molecule has 0 aromatic carbocycles. The van der Waals surface area contributed by atoms with Crippen molar-refractivity contribution in [2.45, 2.75) is 37.8 Å². The molecule has 1 saturated carbocycles. The van der Waals surface area contributed by atoms with E-state index < -0.39 is 5.60 Å². The van der Waals surface area contributed by atoms with E-state index in [0.717, 1.165) is 31.4 Å². The largest absolute Gasteiger partial charge is 0.389 e. The van der Waals surface area contributed by atoms with Crippen molar-refractivity contribution in [2.24, 2.45) is 0 Å². The van der Waals surface area contributed by atoms with Gasteiger partial charge < -0.3 is 20.3 Å². The summed E-state index contributed by atoms with van der Waals surface area (Å²) in [7, 11) is 3.47. The molecule has 1 fully saturated rings. The lowest BCUT2D eigenvalue weighted by Gasteiger charge is -2.22. The van der Waals surface area contributed by atoms with Crippen LogP contribution in [0.3, 0.4) is 0 Å². The fourth-order valence-electron chi connectivity index (χ4n) is 2.55. The molecule has 0 radical (unpaired) electrons. The van der Waals surface area contributed by atoms with E-state index in [9.17, 15) is 9.90 Å². The van der Waals surface area contributed by atoms with Crippen LogP contribution in [0.2, 0.25) is 0 Å². The predicted molar refractivity (Wildman–Crippen MR) is 73.9 cm³/mol. The van der Waals surface area contributed by atoms with Crippen LogP contribution in [0.4, 0.5) is 0 Å². The van der Waals surface area contributed by atoms with Gasteiger partial charge in [0.1, 0.15) is 5.69 Å². The summed E-state index contributed by atoms with van der Waals surface area (Å²) in [6, 6.07) is 3.70. The molecule has 5 heteroatoms. The van der Waals surface area contributed by atoms with Crippen molar-refractivity contribution in [3.63, 3.8) is 0 Å². The number of nitrogens with zero attached hydrogens (tertiary/aromatic N) is 1. The number of hydrogen-bond donors (Lipinski definition) is 3. The van der Waals surface area contributed by atoms with Crippen molar-refractivity contribution in [1.29, 1.82) is 0 Å². The van der Waals surface area contributed by atoms with E-state index >= 15 is 0 Å². The minimum Gasteiger partial charge on any atom is -0.389 e. The third-order valence-corrected chi connectivity index (χ3v) is 3.69. The second-order valence-corrected chi connectivity index (χ2v) is 5.63. The molecule has 1 heterocycles. The Morgan fingerprint density at radius 3 is 2.74 bits per heavy atom. The topological polar surface area (TPSA) is 68.4 Å². The van der Waals surface area contributed by atoms with Gasteiger partial charge in [0.05, 0.1) is 5.60 Å². The lowest BCUT2D eigenvalue weighted by Crippen LogP contribution is -2.37. The number of nitrogens with one attached hydrogen (secondary N) is 2. The molecular formula is C14H23N3O2. The monoisotopic (exact) mass is 265 g/mol. The highest BCUT2D eigenvalue weighted by Crippen LogP contribution is 2.28. The number of hydrogen-bond acceptors (Lipinski definition) is 3. The summed E-state index contributed by atoms with van der Waals surface area (Å²) in [5.41, 5.74) is 1.03. The Morgan fingerprint density at radius 1 is 1.42 bits per heavy atom. The van der Waals surface area contributed by atoms with Crippen LogP contribution < -0.4 is 5.32 Å². The van der Waals surface area contributed by atoms with Crippen LogP contribution in [0.1, 0.15) is 41.9 Å². The zero-order valence-electron chi connectivity index (χ0n) is 11.7. The number of carbonyl (C=O) groups excluding carboxylic acids is 1. The van der Waals surface area contributed by atoms with Crippen molar-refractivity contribution in [3.05, 3.63) is 23.5 Å². The summed E-state index contributed by atoms with van der Waals surface area (Å²) < 4.78 is 0. The molecule has 1 aromatic rings. The summed E-state index contributed by atoms with van der Waals surface area (Å²) in [5, 5.41) is 13.5. The zero-order chi connectivity index (χ0) is 13.9. The van der Waals surface area contributed by atoms with Crippen molar-refractivity contribution >= 4 is 5.91 Å². The van der Waals surface area contributed by atoms with Gasteiger partial charge in [0, 0.05) is 32.9 Å². The minimum atomic E-state index is -0.533. The molecule has 0 atom stereocenters. The second-order valence-electron chi connectivity index (χ2n) is 5.63. The fraction of sp³-hybridized carbons (Fsp3) is 0.643. The zero-order valence-corrected chi connectivity index (χ0v) is 11.7. The maximum atomic E-state index is 11.7. The molecule has 0 bridgehead atoms. The van der Waals surface area contributed by atoms with E-state index in [4.69, 9.17) is 0 Å². The molecule has 19 heavy (non-hydrogen) atoms. The Labute approximate surface area is 114 Å². The molecule has 3 N–H and O–H groups in total. The van der Waals surface area contributed by atoms with Gasteiger partial charge >= 0.3 is 0 Å². The highest BCUT2D eigenvalue weighted by molar-refractivity contribution is 5.92. The van der Waals surface area contributed by atoms with E-state index in [1.54, 1.807) is 25.1 Å². The van der Waals surface area contributed by atoms with Gasteiger partial charge in [0.2, 0.25) is 0 Å². The number of aliphatic hydroxyl groups is 1. The number of aromatic nitrogens is 1. The molecule has 1 aliphatic rings. The van der Waals surface area contributed by atoms with Gasteiger partial charge in [-0.1, -0.05) is 12.8 Å². The Kier molecular flexibility index (Phi) is 4.27. The average Bonchev–Trinajstić information content (AvgIpc) is 2.98. The van der Waals surface area contributed by atoms with Crippen molar-refractivity contribution in [3.8, 4) is 0 Å². The normalized spacial score (nSPS) is 17.6. The van der Waals surface area contributed by atoms with E-state index in [-0.39, 0.29) is 5.91 Å². The first-order valence-corrected chi connectivity index (χ1v) is 6.83. The Bertz CT molecular complexity index is 434. The van der Waals surface area contributed by atoms with Gasteiger partial charge in [0.15, 0.2) is 0 Å². The molecule has 0 unspecified atom stereocenters. The summed E-state index contributed by atoms with van der Waals surface area (Å²) in [5.74, 6) is -0.0272. The quantitative estimate of drug-likeness (QED) is 0.747. The van der Waals surface area contributed by atoms with Crippen LogP contribution in [0.5, 0.6) is 0 Å². The van der Waals surface area contributed by atoms with Crippen LogP contribution in [0.15, 0.2) is 12.1 Å². The van der Waals surface area contributed by atoms with E-state index in [2.05, 4.69) is 10.3 Å². The molecular weight excluding hydrogens is 242 g/mol. The molecule has 0 aliphatic heterocycles. The molecule has 1 amide bonds. The number of aromatic amines is 1.